The van der Waals surface area contributed by atoms with Crippen molar-refractivity contribution in [3.8, 4) is 0 Å². The van der Waals surface area contributed by atoms with Gasteiger partial charge in [-0.05, 0) is 24.6 Å². The highest BCUT2D eigenvalue weighted by molar-refractivity contribution is 6.33. The van der Waals surface area contributed by atoms with Crippen molar-refractivity contribution in [2.24, 2.45) is 0 Å². The molecule has 1 unspecified atom stereocenters. The lowest BCUT2D eigenvalue weighted by atomic mass is 10.1. The summed E-state index contributed by atoms with van der Waals surface area (Å²) in [5.41, 5.74) is -0.447. The van der Waals surface area contributed by atoms with Crippen LogP contribution in [0, 0.1) is 0 Å². The highest BCUT2D eigenvalue weighted by Gasteiger charge is 2.31. The summed E-state index contributed by atoms with van der Waals surface area (Å²) in [6.45, 7) is 2.32. The molecule has 2 nitrogen and oxygen atoms in total. The number of rotatable bonds is 5. The third kappa shape index (κ3) is 4.07. The van der Waals surface area contributed by atoms with Crippen molar-refractivity contribution in [2.45, 2.75) is 25.6 Å². The Bertz CT molecular complexity index is 395. The molecule has 0 spiro atoms. The molecular formula is C12H15ClF3NO. The lowest BCUT2D eigenvalue weighted by molar-refractivity contribution is -0.137. The first-order chi connectivity index (χ1) is 8.38. The first kappa shape index (κ1) is 15.1. The number of anilines is 1. The summed E-state index contributed by atoms with van der Waals surface area (Å²) in [6, 6.07) is 3.15. The van der Waals surface area contributed by atoms with E-state index in [0.29, 0.717) is 6.61 Å². The maximum atomic E-state index is 12.6. The molecule has 0 aliphatic carbocycles. The summed E-state index contributed by atoms with van der Waals surface area (Å²) >= 11 is 5.88. The summed E-state index contributed by atoms with van der Waals surface area (Å²) in [7, 11) is 1.54. The van der Waals surface area contributed by atoms with Gasteiger partial charge in [-0.25, -0.2) is 0 Å². The Morgan fingerprint density at radius 2 is 2.06 bits per heavy atom. The van der Waals surface area contributed by atoms with Crippen molar-refractivity contribution >= 4 is 17.3 Å². The van der Waals surface area contributed by atoms with Crippen LogP contribution >= 0.6 is 11.6 Å². The lowest BCUT2D eigenvalue weighted by Gasteiger charge is -2.19. The van der Waals surface area contributed by atoms with Gasteiger partial charge in [0.15, 0.2) is 0 Å². The van der Waals surface area contributed by atoms with Gasteiger partial charge in [0, 0.05) is 13.2 Å². The third-order valence-electron chi connectivity index (χ3n) is 2.51. The van der Waals surface area contributed by atoms with Gasteiger partial charge in [-0.15, -0.1) is 0 Å². The Kier molecular flexibility index (Phi) is 5.28. The molecule has 1 atom stereocenters. The number of hydrogen-bond donors (Lipinski definition) is 1. The van der Waals surface area contributed by atoms with E-state index in [4.69, 9.17) is 16.3 Å². The Hall–Kier alpha value is -0.940. The zero-order chi connectivity index (χ0) is 13.8. The number of benzene rings is 1. The van der Waals surface area contributed by atoms with Crippen LogP contribution in [-0.4, -0.2) is 19.8 Å². The molecule has 6 heteroatoms. The fraction of sp³-hybridized carbons (Fsp3) is 0.500. The van der Waals surface area contributed by atoms with E-state index in [-0.39, 0.29) is 16.8 Å². The maximum absolute atomic E-state index is 12.6. The predicted molar refractivity (Wildman–Crippen MR) is 66.0 cm³/mol. The first-order valence-electron chi connectivity index (χ1n) is 5.50. The Morgan fingerprint density at radius 1 is 1.39 bits per heavy atom. The second-order valence-electron chi connectivity index (χ2n) is 3.90. The zero-order valence-corrected chi connectivity index (χ0v) is 10.9. The number of halogens is 4. The molecule has 0 amide bonds. The summed E-state index contributed by atoms with van der Waals surface area (Å²) in [5, 5.41) is 3.22. The number of methoxy groups -OCH3 is 1. The van der Waals surface area contributed by atoms with E-state index in [0.717, 1.165) is 18.6 Å². The summed E-state index contributed by atoms with van der Waals surface area (Å²) < 4.78 is 42.7. The molecule has 102 valence electrons. The molecule has 0 saturated carbocycles. The largest absolute Gasteiger partial charge is 0.416 e. The van der Waals surface area contributed by atoms with E-state index >= 15 is 0 Å². The number of nitrogens with one attached hydrogen (secondary N) is 1. The molecule has 0 bridgehead atoms. The van der Waals surface area contributed by atoms with E-state index in [9.17, 15) is 13.2 Å². The summed E-state index contributed by atoms with van der Waals surface area (Å²) in [4.78, 5) is 0. The number of ether oxygens (including phenoxy) is 1. The van der Waals surface area contributed by atoms with Crippen LogP contribution in [0.4, 0.5) is 18.9 Å². The van der Waals surface area contributed by atoms with Crippen molar-refractivity contribution < 1.29 is 17.9 Å². The normalized spacial score (nSPS) is 13.4. The van der Waals surface area contributed by atoms with Crippen LogP contribution in [0.2, 0.25) is 5.02 Å². The van der Waals surface area contributed by atoms with Gasteiger partial charge in [0.2, 0.25) is 0 Å². The molecule has 0 radical (unpaired) electrons. The quantitative estimate of drug-likeness (QED) is 0.873. The molecule has 0 aliphatic rings. The highest BCUT2D eigenvalue weighted by atomic mass is 35.5. The molecule has 0 fully saturated rings. The smallest absolute Gasteiger partial charge is 0.383 e. The molecule has 1 rings (SSSR count). The van der Waals surface area contributed by atoms with Crippen molar-refractivity contribution in [3.63, 3.8) is 0 Å². The van der Waals surface area contributed by atoms with Crippen LogP contribution in [0.3, 0.4) is 0 Å². The predicted octanol–water partition coefficient (Wildman–Crippen LogP) is 4.20. The fourth-order valence-electron chi connectivity index (χ4n) is 1.49. The van der Waals surface area contributed by atoms with Gasteiger partial charge in [0.25, 0.3) is 0 Å². The molecular weight excluding hydrogens is 267 g/mol. The van der Waals surface area contributed by atoms with Crippen molar-refractivity contribution in [2.75, 3.05) is 19.0 Å². The second-order valence-corrected chi connectivity index (χ2v) is 4.30. The minimum atomic E-state index is -4.37. The topological polar surface area (TPSA) is 21.3 Å². The molecule has 0 aliphatic heterocycles. The van der Waals surface area contributed by atoms with E-state index in [2.05, 4.69) is 5.32 Å². The van der Waals surface area contributed by atoms with Crippen LogP contribution in [0.5, 0.6) is 0 Å². The van der Waals surface area contributed by atoms with Gasteiger partial charge >= 0.3 is 6.18 Å². The third-order valence-corrected chi connectivity index (χ3v) is 2.84. The van der Waals surface area contributed by atoms with Crippen molar-refractivity contribution in [1.29, 1.82) is 0 Å². The zero-order valence-electron chi connectivity index (χ0n) is 10.1. The van der Waals surface area contributed by atoms with E-state index in [1.165, 1.54) is 13.2 Å². The van der Waals surface area contributed by atoms with Gasteiger partial charge in [-0.2, -0.15) is 13.2 Å². The van der Waals surface area contributed by atoms with Gasteiger partial charge in [-0.1, -0.05) is 18.5 Å². The fourth-order valence-corrected chi connectivity index (χ4v) is 1.67. The molecule has 1 N–H and O–H groups in total. The Labute approximate surface area is 109 Å². The monoisotopic (exact) mass is 281 g/mol. The van der Waals surface area contributed by atoms with Crippen LogP contribution in [0.1, 0.15) is 18.9 Å². The summed E-state index contributed by atoms with van der Waals surface area (Å²) in [6.07, 6.45) is -3.65. The number of hydrogen-bond acceptors (Lipinski definition) is 2. The minimum Gasteiger partial charge on any atom is -0.383 e. The second kappa shape index (κ2) is 6.29. The molecule has 18 heavy (non-hydrogen) atoms. The summed E-state index contributed by atoms with van der Waals surface area (Å²) in [5.74, 6) is 0. The van der Waals surface area contributed by atoms with E-state index in [1.807, 2.05) is 6.92 Å². The van der Waals surface area contributed by atoms with Crippen molar-refractivity contribution in [3.05, 3.63) is 28.8 Å². The van der Waals surface area contributed by atoms with Crippen LogP contribution < -0.4 is 5.32 Å². The van der Waals surface area contributed by atoms with E-state index in [1.54, 1.807) is 0 Å². The Balaban J connectivity index is 2.93. The SMILES string of the molecule is CCC(COC)Nc1cc(C(F)(F)F)ccc1Cl. The van der Waals surface area contributed by atoms with Gasteiger partial charge < -0.3 is 10.1 Å². The number of alkyl halides is 3. The van der Waals surface area contributed by atoms with Crippen molar-refractivity contribution in [1.82, 2.24) is 0 Å². The highest BCUT2D eigenvalue weighted by Crippen LogP contribution is 2.34. The average Bonchev–Trinajstić information content (AvgIpc) is 2.29. The standard InChI is InChI=1S/C12H15ClF3NO/c1-3-9(7-18-2)17-11-6-8(12(14,15)16)4-5-10(11)13/h4-6,9,17H,3,7H2,1-2H3. The first-order valence-corrected chi connectivity index (χ1v) is 5.88. The van der Waals surface area contributed by atoms with Crippen LogP contribution in [0.25, 0.3) is 0 Å². The molecule has 0 aromatic heterocycles. The van der Waals surface area contributed by atoms with E-state index < -0.39 is 11.7 Å². The van der Waals surface area contributed by atoms with Gasteiger partial charge in [0.1, 0.15) is 0 Å². The molecule has 1 aromatic rings. The van der Waals surface area contributed by atoms with Crippen LogP contribution in [0.15, 0.2) is 18.2 Å². The molecule has 0 saturated heterocycles. The maximum Gasteiger partial charge on any atom is 0.416 e. The lowest BCUT2D eigenvalue weighted by Crippen LogP contribution is -2.24. The minimum absolute atomic E-state index is 0.0732. The van der Waals surface area contributed by atoms with Gasteiger partial charge in [0.05, 0.1) is 22.9 Å². The van der Waals surface area contributed by atoms with Crippen LogP contribution in [-0.2, 0) is 10.9 Å². The average molecular weight is 282 g/mol. The molecule has 0 heterocycles. The Morgan fingerprint density at radius 3 is 2.56 bits per heavy atom. The van der Waals surface area contributed by atoms with Gasteiger partial charge in [-0.3, -0.25) is 0 Å². The molecule has 1 aromatic carbocycles.